The number of thiol groups is 1. The van der Waals surface area contributed by atoms with Crippen LogP contribution in [-0.4, -0.2) is 85.7 Å². The Hall–Kier alpha value is -2.38. The van der Waals surface area contributed by atoms with Crippen molar-refractivity contribution >= 4 is 36.2 Å². The molecule has 154 valence electrons. The molecule has 0 bridgehead atoms. The predicted octanol–water partition coefficient (Wildman–Crippen LogP) is -0.643. The highest BCUT2D eigenvalue weighted by atomic mass is 32.1. The fraction of sp³-hybridized carbons (Fsp3) is 0.471. The van der Waals surface area contributed by atoms with Gasteiger partial charge >= 0.3 is 0 Å². The second-order valence-corrected chi connectivity index (χ2v) is 7.70. The van der Waals surface area contributed by atoms with E-state index >= 15 is 0 Å². The lowest BCUT2D eigenvalue weighted by Gasteiger charge is -2.32. The number of aliphatic hydroxyl groups excluding tert-OH is 3. The van der Waals surface area contributed by atoms with Gasteiger partial charge in [0.25, 0.3) is 5.69 Å². The van der Waals surface area contributed by atoms with E-state index in [9.17, 15) is 25.4 Å². The largest absolute Gasteiger partial charge is 0.394 e. The van der Waals surface area contributed by atoms with Crippen molar-refractivity contribution in [2.45, 2.75) is 35.8 Å². The fourth-order valence-electron chi connectivity index (χ4n) is 3.59. The molecule has 11 nitrogen and oxygen atoms in total. The molecule has 0 radical (unpaired) electrons. The third kappa shape index (κ3) is 3.42. The van der Waals surface area contributed by atoms with Crippen molar-refractivity contribution in [1.29, 1.82) is 0 Å². The summed E-state index contributed by atoms with van der Waals surface area (Å²) in [4.78, 5) is 24.0. The molecule has 3 heterocycles. The van der Waals surface area contributed by atoms with Gasteiger partial charge in [-0.3, -0.25) is 15.1 Å². The van der Waals surface area contributed by atoms with Crippen molar-refractivity contribution in [2.75, 3.05) is 13.3 Å². The van der Waals surface area contributed by atoms with Gasteiger partial charge in [0.1, 0.15) is 37.0 Å². The topological polar surface area (TPSA) is 153 Å². The summed E-state index contributed by atoms with van der Waals surface area (Å²) in [7, 11) is 0. The number of amidine groups is 1. The second-order valence-electron chi connectivity index (χ2n) is 6.96. The molecule has 5 atom stereocenters. The summed E-state index contributed by atoms with van der Waals surface area (Å²) in [5.74, 6) is 0.409. The van der Waals surface area contributed by atoms with Gasteiger partial charge in [-0.2, -0.15) is 0 Å². The first-order valence-electron chi connectivity index (χ1n) is 8.85. The molecular formula is C17H19N5O6S. The van der Waals surface area contributed by atoms with Gasteiger partial charge in [0, 0.05) is 18.6 Å². The summed E-state index contributed by atoms with van der Waals surface area (Å²) in [5, 5.41) is 40.5. The molecule has 3 aliphatic heterocycles. The minimum Gasteiger partial charge on any atom is -0.394 e. The van der Waals surface area contributed by atoms with Crippen molar-refractivity contribution in [1.82, 2.24) is 4.90 Å². The third-order valence-corrected chi connectivity index (χ3v) is 5.60. The van der Waals surface area contributed by atoms with Crippen molar-refractivity contribution in [3.8, 4) is 0 Å². The van der Waals surface area contributed by atoms with Crippen molar-refractivity contribution in [3.63, 3.8) is 0 Å². The monoisotopic (exact) mass is 421 g/mol. The summed E-state index contributed by atoms with van der Waals surface area (Å²) >= 11 is 4.70. The SMILES string of the molecule is O=[N+]([O-])c1ccc(CC2(S)N=CN=C3C2=NCN3[C@@H]2O[C@H](CO)[C@@H](O)[C@H]2O)cc1. The first-order valence-corrected chi connectivity index (χ1v) is 9.30. The van der Waals surface area contributed by atoms with E-state index in [2.05, 4.69) is 15.0 Å². The number of non-ortho nitro benzene ring substituents is 1. The molecule has 1 aromatic rings. The molecule has 1 unspecified atom stereocenters. The number of ether oxygens (including phenoxy) is 1. The van der Waals surface area contributed by atoms with Crippen LogP contribution in [0.5, 0.6) is 0 Å². The van der Waals surface area contributed by atoms with Gasteiger partial charge in [-0.05, 0) is 5.56 Å². The molecule has 1 saturated heterocycles. The molecule has 0 aromatic heterocycles. The number of aliphatic hydroxyl groups is 3. The number of rotatable bonds is 5. The lowest BCUT2D eigenvalue weighted by atomic mass is 9.99. The third-order valence-electron chi connectivity index (χ3n) is 5.12. The van der Waals surface area contributed by atoms with Crippen LogP contribution in [0.15, 0.2) is 39.2 Å². The maximum atomic E-state index is 10.8. The molecule has 0 amide bonds. The van der Waals surface area contributed by atoms with E-state index in [4.69, 9.17) is 17.4 Å². The molecule has 0 aliphatic carbocycles. The Morgan fingerprint density at radius 2 is 2.03 bits per heavy atom. The lowest BCUT2D eigenvalue weighted by Crippen LogP contribution is -2.50. The van der Waals surface area contributed by atoms with E-state index in [1.54, 1.807) is 17.0 Å². The first kappa shape index (κ1) is 19.9. The summed E-state index contributed by atoms with van der Waals surface area (Å²) in [5.41, 5.74) is 1.24. The molecule has 3 aliphatic rings. The number of nitro benzene ring substituents is 1. The van der Waals surface area contributed by atoms with Crippen LogP contribution in [0.2, 0.25) is 0 Å². The van der Waals surface area contributed by atoms with Gasteiger partial charge in [-0.1, -0.05) is 12.1 Å². The minimum absolute atomic E-state index is 0.00916. The normalized spacial score (nSPS) is 33.4. The summed E-state index contributed by atoms with van der Waals surface area (Å²) in [6.07, 6.45) is -2.65. The van der Waals surface area contributed by atoms with E-state index in [0.717, 1.165) is 5.56 Å². The number of nitrogens with zero attached hydrogens (tertiary/aromatic N) is 5. The van der Waals surface area contributed by atoms with Crippen LogP contribution in [0.1, 0.15) is 5.56 Å². The zero-order valence-electron chi connectivity index (χ0n) is 15.1. The van der Waals surface area contributed by atoms with Crippen LogP contribution < -0.4 is 0 Å². The predicted molar refractivity (Wildman–Crippen MR) is 106 cm³/mol. The summed E-state index contributed by atoms with van der Waals surface area (Å²) in [6, 6.07) is 6.10. The fourth-order valence-corrected chi connectivity index (χ4v) is 3.99. The average molecular weight is 421 g/mol. The highest BCUT2D eigenvalue weighted by Crippen LogP contribution is 2.34. The highest BCUT2D eigenvalue weighted by molar-refractivity contribution is 7.83. The van der Waals surface area contributed by atoms with Crippen LogP contribution in [0.3, 0.4) is 0 Å². The number of nitro groups is 1. The Kier molecular flexibility index (Phi) is 5.12. The zero-order valence-corrected chi connectivity index (χ0v) is 16.0. The van der Waals surface area contributed by atoms with Crippen LogP contribution >= 0.6 is 12.6 Å². The van der Waals surface area contributed by atoms with Crippen LogP contribution in [0, 0.1) is 10.1 Å². The number of hydrogen-bond acceptors (Lipinski definition) is 11. The average Bonchev–Trinajstić information content (AvgIpc) is 3.25. The Labute approximate surface area is 170 Å². The first-order chi connectivity index (χ1) is 13.8. The lowest BCUT2D eigenvalue weighted by molar-refractivity contribution is -0.384. The molecular weight excluding hydrogens is 402 g/mol. The van der Waals surface area contributed by atoms with E-state index in [1.807, 2.05) is 0 Å². The maximum absolute atomic E-state index is 10.8. The Bertz CT molecular complexity index is 906. The maximum Gasteiger partial charge on any atom is 0.269 e. The molecule has 1 fully saturated rings. The molecule has 12 heteroatoms. The molecule has 29 heavy (non-hydrogen) atoms. The number of benzene rings is 1. The van der Waals surface area contributed by atoms with E-state index in [-0.39, 0.29) is 12.4 Å². The van der Waals surface area contributed by atoms with E-state index < -0.39 is 40.9 Å². The van der Waals surface area contributed by atoms with Gasteiger partial charge in [-0.25, -0.2) is 9.98 Å². The molecule has 1 aromatic carbocycles. The van der Waals surface area contributed by atoms with Crippen LogP contribution in [0.4, 0.5) is 5.69 Å². The summed E-state index contributed by atoms with van der Waals surface area (Å²) < 4.78 is 5.58. The van der Waals surface area contributed by atoms with Gasteiger partial charge in [0.15, 0.2) is 16.9 Å². The molecule has 3 N–H and O–H groups in total. The van der Waals surface area contributed by atoms with Gasteiger partial charge in [0.05, 0.1) is 11.5 Å². The summed E-state index contributed by atoms with van der Waals surface area (Å²) in [6.45, 7) is -0.312. The van der Waals surface area contributed by atoms with E-state index in [0.29, 0.717) is 18.0 Å². The van der Waals surface area contributed by atoms with Crippen molar-refractivity contribution in [3.05, 3.63) is 39.9 Å². The Morgan fingerprint density at radius 3 is 2.66 bits per heavy atom. The highest BCUT2D eigenvalue weighted by Gasteiger charge is 2.50. The minimum atomic E-state index is -1.24. The zero-order chi connectivity index (χ0) is 20.8. The van der Waals surface area contributed by atoms with Gasteiger partial charge < -0.3 is 25.0 Å². The molecule has 4 rings (SSSR count). The van der Waals surface area contributed by atoms with Gasteiger partial charge in [-0.15, -0.1) is 12.6 Å². The Balaban J connectivity index is 1.54. The van der Waals surface area contributed by atoms with Crippen molar-refractivity contribution in [2.24, 2.45) is 15.0 Å². The molecule has 0 saturated carbocycles. The van der Waals surface area contributed by atoms with Crippen molar-refractivity contribution < 1.29 is 25.0 Å². The number of hydrogen-bond donors (Lipinski definition) is 4. The van der Waals surface area contributed by atoms with Gasteiger partial charge in [0.2, 0.25) is 0 Å². The Morgan fingerprint density at radius 1 is 1.31 bits per heavy atom. The quantitative estimate of drug-likeness (QED) is 0.280. The standard InChI is InChI=1S/C17H19N5O6S/c23-6-11-12(24)13(25)16(28-11)21-8-19-14-15(21)18-7-20-17(14,29)5-9-1-3-10(4-2-9)22(26)27/h1-4,7,11-13,16,23-25,29H,5-6,8H2/t11-,12-,13-,16-,17?/m1/s1. The number of aliphatic imine (C=N–C) groups is 3. The van der Waals surface area contributed by atoms with Crippen LogP contribution in [-0.2, 0) is 11.2 Å². The second kappa shape index (κ2) is 7.46. The van der Waals surface area contributed by atoms with E-state index in [1.165, 1.54) is 18.5 Å². The smallest absolute Gasteiger partial charge is 0.269 e. The number of fused-ring (bicyclic) bond motifs is 1. The molecule has 0 spiro atoms. The van der Waals surface area contributed by atoms with Crippen LogP contribution in [0.25, 0.3) is 0 Å².